The van der Waals surface area contributed by atoms with Crippen LogP contribution in [0.1, 0.15) is 25.7 Å². The zero-order valence-electron chi connectivity index (χ0n) is 10.5. The van der Waals surface area contributed by atoms with Gasteiger partial charge in [-0.1, -0.05) is 29.3 Å². The first-order valence-electron chi connectivity index (χ1n) is 6.68. The van der Waals surface area contributed by atoms with Crippen LogP contribution in [-0.4, -0.2) is 24.5 Å². The van der Waals surface area contributed by atoms with Gasteiger partial charge in [-0.25, -0.2) is 0 Å². The van der Waals surface area contributed by atoms with Crippen LogP contribution in [0.5, 0.6) is 0 Å². The topological polar surface area (TPSA) is 32.3 Å². The first-order valence-corrected chi connectivity index (χ1v) is 7.44. The van der Waals surface area contributed by atoms with Gasteiger partial charge in [-0.3, -0.25) is 4.79 Å². The number of hydrogen-bond acceptors (Lipinski definition) is 2. The van der Waals surface area contributed by atoms with Crippen molar-refractivity contribution < 1.29 is 4.79 Å². The van der Waals surface area contributed by atoms with Crippen LogP contribution in [0.15, 0.2) is 18.2 Å². The van der Waals surface area contributed by atoms with Crippen LogP contribution in [-0.2, 0) is 4.79 Å². The highest BCUT2D eigenvalue weighted by Crippen LogP contribution is 2.35. The molecule has 5 heteroatoms. The maximum Gasteiger partial charge on any atom is 0.244 e. The number of carbonyl (C=O) groups excluding carboxylic acids is 1. The van der Waals surface area contributed by atoms with Crippen molar-refractivity contribution in [3.63, 3.8) is 0 Å². The number of hydrogen-bond donors (Lipinski definition) is 1. The Morgan fingerprint density at radius 1 is 1.16 bits per heavy atom. The minimum Gasteiger partial charge on any atom is -0.308 e. The van der Waals surface area contributed by atoms with E-state index in [-0.39, 0.29) is 11.9 Å². The predicted molar refractivity (Wildman–Crippen MR) is 78.0 cm³/mol. The molecular weight excluding hydrogens is 283 g/mol. The molecular formula is C14H16Cl2N2O. The van der Waals surface area contributed by atoms with Crippen LogP contribution < -0.4 is 10.2 Å². The zero-order valence-corrected chi connectivity index (χ0v) is 12.0. The van der Waals surface area contributed by atoms with E-state index in [0.29, 0.717) is 28.3 Å². The van der Waals surface area contributed by atoms with Crippen LogP contribution in [0.3, 0.4) is 0 Å². The van der Waals surface area contributed by atoms with Crippen molar-refractivity contribution in [1.82, 2.24) is 5.32 Å². The van der Waals surface area contributed by atoms with Crippen molar-refractivity contribution >= 4 is 34.8 Å². The van der Waals surface area contributed by atoms with E-state index in [1.54, 1.807) is 23.1 Å². The maximum absolute atomic E-state index is 12.5. The molecule has 1 aromatic rings. The molecule has 3 rings (SSSR count). The summed E-state index contributed by atoms with van der Waals surface area (Å²) in [5.74, 6) is 0.0909. The normalized spacial score (nSPS) is 23.8. The fraction of sp³-hybridized carbons (Fsp3) is 0.500. The number of nitrogens with zero attached hydrogens (tertiary/aromatic N) is 1. The van der Waals surface area contributed by atoms with Gasteiger partial charge in [0.15, 0.2) is 0 Å². The third-order valence-corrected chi connectivity index (χ3v) is 4.27. The molecule has 0 radical (unpaired) electrons. The number of rotatable bonds is 3. The number of piperidine rings is 1. The Kier molecular flexibility index (Phi) is 3.70. The molecule has 1 aliphatic carbocycles. The van der Waals surface area contributed by atoms with Crippen LogP contribution in [0.4, 0.5) is 5.69 Å². The molecule has 3 nitrogen and oxygen atoms in total. The Bertz CT molecular complexity index is 482. The molecule has 1 atom stereocenters. The number of benzene rings is 1. The number of amides is 1. The lowest BCUT2D eigenvalue weighted by molar-refractivity contribution is -0.121. The van der Waals surface area contributed by atoms with E-state index in [2.05, 4.69) is 5.32 Å². The fourth-order valence-electron chi connectivity index (χ4n) is 2.53. The molecule has 1 heterocycles. The van der Waals surface area contributed by atoms with E-state index in [0.717, 1.165) is 12.8 Å². The minimum atomic E-state index is -0.0893. The van der Waals surface area contributed by atoms with Gasteiger partial charge in [0, 0.05) is 12.6 Å². The first kappa shape index (κ1) is 13.2. The van der Waals surface area contributed by atoms with E-state index in [9.17, 15) is 4.79 Å². The van der Waals surface area contributed by atoms with E-state index >= 15 is 0 Å². The highest BCUT2D eigenvalue weighted by atomic mass is 35.5. The molecule has 2 fully saturated rings. The summed E-state index contributed by atoms with van der Waals surface area (Å²) in [5.41, 5.74) is 0.651. The van der Waals surface area contributed by atoms with Crippen LogP contribution >= 0.6 is 23.2 Å². The van der Waals surface area contributed by atoms with E-state index in [1.165, 1.54) is 12.8 Å². The van der Waals surface area contributed by atoms with Crippen molar-refractivity contribution in [3.8, 4) is 0 Å². The van der Waals surface area contributed by atoms with Crippen LogP contribution in [0.25, 0.3) is 0 Å². The van der Waals surface area contributed by atoms with Crippen molar-refractivity contribution in [2.24, 2.45) is 0 Å². The summed E-state index contributed by atoms with van der Waals surface area (Å²) < 4.78 is 0. The largest absolute Gasteiger partial charge is 0.308 e. The number of carbonyl (C=O) groups is 1. The van der Waals surface area contributed by atoms with Gasteiger partial charge >= 0.3 is 0 Å². The molecule has 102 valence electrons. The quantitative estimate of drug-likeness (QED) is 0.929. The molecule has 1 saturated heterocycles. The second-order valence-corrected chi connectivity index (χ2v) is 6.01. The van der Waals surface area contributed by atoms with Gasteiger partial charge < -0.3 is 10.2 Å². The fourth-order valence-corrected chi connectivity index (χ4v) is 3.13. The second kappa shape index (κ2) is 5.31. The van der Waals surface area contributed by atoms with Gasteiger partial charge in [0.2, 0.25) is 5.91 Å². The predicted octanol–water partition coefficient (Wildman–Crippen LogP) is 3.24. The van der Waals surface area contributed by atoms with Gasteiger partial charge in [0.05, 0.1) is 21.8 Å². The van der Waals surface area contributed by atoms with Gasteiger partial charge in [0.25, 0.3) is 0 Å². The Morgan fingerprint density at radius 2 is 1.84 bits per heavy atom. The molecule has 1 saturated carbocycles. The molecule has 1 aromatic carbocycles. The lowest BCUT2D eigenvalue weighted by Crippen LogP contribution is -2.51. The third kappa shape index (κ3) is 2.73. The second-order valence-electron chi connectivity index (χ2n) is 5.20. The standard InChI is InChI=1S/C14H16Cl2N2O/c15-10-3-1-4-11(16)13(10)18-8-2-5-12(14(18)19)17-9-6-7-9/h1,3-4,9,12,17H,2,5-8H2. The molecule has 1 aliphatic heterocycles. The van der Waals surface area contributed by atoms with E-state index in [4.69, 9.17) is 23.2 Å². The highest BCUT2D eigenvalue weighted by Gasteiger charge is 2.35. The van der Waals surface area contributed by atoms with Crippen molar-refractivity contribution in [1.29, 1.82) is 0 Å². The number of halogens is 2. The summed E-state index contributed by atoms with van der Waals surface area (Å²) in [6.07, 6.45) is 4.22. The summed E-state index contributed by atoms with van der Waals surface area (Å²) in [6, 6.07) is 5.77. The number of nitrogens with one attached hydrogen (secondary N) is 1. The van der Waals surface area contributed by atoms with E-state index < -0.39 is 0 Å². The van der Waals surface area contributed by atoms with Crippen molar-refractivity contribution in [3.05, 3.63) is 28.2 Å². The lowest BCUT2D eigenvalue weighted by Gasteiger charge is -2.33. The summed E-state index contributed by atoms with van der Waals surface area (Å²) in [4.78, 5) is 14.3. The maximum atomic E-state index is 12.5. The average Bonchev–Trinajstić information content (AvgIpc) is 3.17. The SMILES string of the molecule is O=C1C(NC2CC2)CCCN1c1c(Cl)cccc1Cl. The van der Waals surface area contributed by atoms with Gasteiger partial charge in [-0.2, -0.15) is 0 Å². The third-order valence-electron chi connectivity index (χ3n) is 3.66. The smallest absolute Gasteiger partial charge is 0.244 e. The van der Waals surface area contributed by atoms with Crippen molar-refractivity contribution in [2.45, 2.75) is 37.8 Å². The van der Waals surface area contributed by atoms with Gasteiger partial charge in [0.1, 0.15) is 0 Å². The van der Waals surface area contributed by atoms with Gasteiger partial charge in [-0.15, -0.1) is 0 Å². The molecule has 0 aromatic heterocycles. The Morgan fingerprint density at radius 3 is 2.47 bits per heavy atom. The van der Waals surface area contributed by atoms with Crippen LogP contribution in [0, 0.1) is 0 Å². The summed E-state index contributed by atoms with van der Waals surface area (Å²) in [5, 5.41) is 4.47. The minimum absolute atomic E-state index is 0.0893. The Balaban J connectivity index is 1.84. The zero-order chi connectivity index (χ0) is 13.4. The molecule has 2 aliphatic rings. The van der Waals surface area contributed by atoms with Gasteiger partial charge in [-0.05, 0) is 37.8 Å². The molecule has 0 bridgehead atoms. The summed E-state index contributed by atoms with van der Waals surface area (Å²) in [7, 11) is 0. The molecule has 19 heavy (non-hydrogen) atoms. The molecule has 1 N–H and O–H groups in total. The first-order chi connectivity index (χ1) is 9.16. The van der Waals surface area contributed by atoms with Crippen LogP contribution in [0.2, 0.25) is 10.0 Å². The number of para-hydroxylation sites is 1. The number of anilines is 1. The Hall–Kier alpha value is -0.770. The monoisotopic (exact) mass is 298 g/mol. The van der Waals surface area contributed by atoms with Crippen molar-refractivity contribution in [2.75, 3.05) is 11.4 Å². The Labute approximate surface area is 122 Å². The molecule has 0 spiro atoms. The molecule has 1 amide bonds. The highest BCUT2D eigenvalue weighted by molar-refractivity contribution is 6.40. The molecule has 1 unspecified atom stereocenters. The van der Waals surface area contributed by atoms with E-state index in [1.807, 2.05) is 0 Å². The summed E-state index contributed by atoms with van der Waals surface area (Å²) in [6.45, 7) is 0.686. The summed E-state index contributed by atoms with van der Waals surface area (Å²) >= 11 is 12.4. The lowest BCUT2D eigenvalue weighted by atomic mass is 10.0. The average molecular weight is 299 g/mol.